The van der Waals surface area contributed by atoms with Crippen LogP contribution in [0.2, 0.25) is 0 Å². The number of hydrazine groups is 1. The van der Waals surface area contributed by atoms with E-state index in [-0.39, 0.29) is 5.91 Å². The van der Waals surface area contributed by atoms with Crippen LogP contribution in [0.1, 0.15) is 29.6 Å². The molecule has 0 unspecified atom stereocenters. The zero-order valence-electron chi connectivity index (χ0n) is 11.0. The topological polar surface area (TPSA) is 49.9 Å². The molecule has 2 rings (SSSR count). The number of carbonyl (C=O) groups excluding carboxylic acids is 2. The highest BCUT2D eigenvalue weighted by atomic mass is 16.5. The second-order valence-corrected chi connectivity index (χ2v) is 4.49. The molecule has 1 aromatic rings. The molecule has 0 aliphatic carbocycles. The van der Waals surface area contributed by atoms with E-state index in [9.17, 15) is 9.59 Å². The first-order valence-electron chi connectivity index (χ1n) is 6.44. The highest BCUT2D eigenvalue weighted by Gasteiger charge is 2.23. The van der Waals surface area contributed by atoms with Crippen molar-refractivity contribution in [2.45, 2.75) is 19.3 Å². The van der Waals surface area contributed by atoms with Crippen LogP contribution in [0.4, 0.5) is 0 Å². The lowest BCUT2D eigenvalue weighted by Crippen LogP contribution is -2.45. The monoisotopic (exact) mass is 262 g/mol. The van der Waals surface area contributed by atoms with Crippen LogP contribution >= 0.6 is 0 Å². The summed E-state index contributed by atoms with van der Waals surface area (Å²) >= 11 is 0. The molecule has 0 aromatic heterocycles. The molecule has 1 aromatic carbocycles. The number of hydrogen-bond donors (Lipinski definition) is 0. The molecule has 0 atom stereocenters. The molecule has 2 amide bonds. The van der Waals surface area contributed by atoms with Gasteiger partial charge in [0.15, 0.2) is 0 Å². The van der Waals surface area contributed by atoms with Crippen LogP contribution in [0.25, 0.3) is 0 Å². The maximum Gasteiger partial charge on any atom is 0.272 e. The first-order chi connectivity index (χ1) is 9.26. The van der Waals surface area contributed by atoms with Crippen molar-refractivity contribution in [2.75, 3.05) is 20.2 Å². The Morgan fingerprint density at radius 2 is 1.84 bits per heavy atom. The summed E-state index contributed by atoms with van der Waals surface area (Å²) < 4.78 is 5.07. The smallest absolute Gasteiger partial charge is 0.272 e. The van der Waals surface area contributed by atoms with Gasteiger partial charge in [-0.25, -0.2) is 5.01 Å². The number of rotatable bonds is 3. The van der Waals surface area contributed by atoms with E-state index in [0.717, 1.165) is 25.7 Å². The van der Waals surface area contributed by atoms with E-state index in [1.807, 2.05) is 0 Å². The fraction of sp³-hybridized carbons (Fsp3) is 0.429. The van der Waals surface area contributed by atoms with Gasteiger partial charge in [0, 0.05) is 18.7 Å². The van der Waals surface area contributed by atoms with E-state index >= 15 is 0 Å². The van der Waals surface area contributed by atoms with E-state index in [2.05, 4.69) is 0 Å². The van der Waals surface area contributed by atoms with Gasteiger partial charge in [-0.2, -0.15) is 0 Å². The Balaban J connectivity index is 2.17. The summed E-state index contributed by atoms with van der Waals surface area (Å²) in [5.74, 6) is 0.566. The first kappa shape index (κ1) is 13.4. The number of methoxy groups -OCH3 is 1. The molecule has 1 fully saturated rings. The average Bonchev–Trinajstić information content (AvgIpc) is 2.71. The molecule has 0 N–H and O–H groups in total. The Hall–Kier alpha value is -2.04. The largest absolute Gasteiger partial charge is 0.497 e. The molecule has 1 aliphatic heterocycles. The highest BCUT2D eigenvalue weighted by Crippen LogP contribution is 2.16. The van der Waals surface area contributed by atoms with E-state index in [1.165, 1.54) is 10.0 Å². The standard InChI is InChI=1S/C14H18N2O3/c1-19-13-7-5-12(6-8-13)14(18)16-10-4-2-3-9-15(16)11-17/h5-8,11H,2-4,9-10H2,1H3. The quantitative estimate of drug-likeness (QED) is 0.779. The van der Waals surface area contributed by atoms with Gasteiger partial charge in [0.05, 0.1) is 7.11 Å². The summed E-state index contributed by atoms with van der Waals surface area (Å²) in [5, 5.41) is 3.00. The third kappa shape index (κ3) is 3.05. The lowest BCUT2D eigenvalue weighted by Gasteiger charge is -2.29. The minimum atomic E-state index is -0.142. The molecular formula is C14H18N2O3. The molecule has 102 valence electrons. The molecule has 19 heavy (non-hydrogen) atoms. The summed E-state index contributed by atoms with van der Waals surface area (Å²) in [5.41, 5.74) is 0.564. The van der Waals surface area contributed by atoms with Crippen molar-refractivity contribution in [3.05, 3.63) is 29.8 Å². The Morgan fingerprint density at radius 1 is 1.16 bits per heavy atom. The van der Waals surface area contributed by atoms with Crippen molar-refractivity contribution < 1.29 is 14.3 Å². The number of benzene rings is 1. The zero-order valence-corrected chi connectivity index (χ0v) is 11.0. The Morgan fingerprint density at radius 3 is 2.47 bits per heavy atom. The molecule has 0 spiro atoms. The summed E-state index contributed by atoms with van der Waals surface area (Å²) in [7, 11) is 1.58. The third-order valence-corrected chi connectivity index (χ3v) is 3.26. The maximum absolute atomic E-state index is 12.4. The van der Waals surface area contributed by atoms with E-state index in [4.69, 9.17) is 4.74 Å². The van der Waals surface area contributed by atoms with Gasteiger partial charge in [-0.3, -0.25) is 14.6 Å². The molecule has 0 radical (unpaired) electrons. The van der Waals surface area contributed by atoms with Crippen LogP contribution in [0.5, 0.6) is 5.75 Å². The summed E-state index contributed by atoms with van der Waals surface area (Å²) in [6, 6.07) is 6.93. The molecule has 5 nitrogen and oxygen atoms in total. The Kier molecular flexibility index (Phi) is 4.39. The molecular weight excluding hydrogens is 244 g/mol. The second kappa shape index (κ2) is 6.22. The number of hydrogen-bond acceptors (Lipinski definition) is 3. The van der Waals surface area contributed by atoms with Gasteiger partial charge in [-0.05, 0) is 43.5 Å². The van der Waals surface area contributed by atoms with Gasteiger partial charge in [0.25, 0.3) is 5.91 Å². The number of ether oxygens (including phenoxy) is 1. The predicted molar refractivity (Wildman–Crippen MR) is 70.7 cm³/mol. The van der Waals surface area contributed by atoms with Crippen LogP contribution in [-0.4, -0.2) is 42.5 Å². The van der Waals surface area contributed by atoms with Crippen molar-refractivity contribution in [1.29, 1.82) is 0 Å². The van der Waals surface area contributed by atoms with Crippen molar-refractivity contribution >= 4 is 12.3 Å². The molecule has 1 saturated heterocycles. The van der Waals surface area contributed by atoms with Crippen LogP contribution in [-0.2, 0) is 4.79 Å². The fourth-order valence-corrected chi connectivity index (χ4v) is 2.17. The minimum absolute atomic E-state index is 0.142. The van der Waals surface area contributed by atoms with E-state index < -0.39 is 0 Å². The maximum atomic E-state index is 12.4. The lowest BCUT2D eigenvalue weighted by atomic mass is 10.2. The van der Waals surface area contributed by atoms with Gasteiger partial charge in [-0.1, -0.05) is 0 Å². The third-order valence-electron chi connectivity index (χ3n) is 3.26. The molecule has 5 heteroatoms. The van der Waals surface area contributed by atoms with Crippen molar-refractivity contribution in [3.63, 3.8) is 0 Å². The van der Waals surface area contributed by atoms with Crippen molar-refractivity contribution in [2.24, 2.45) is 0 Å². The van der Waals surface area contributed by atoms with E-state index in [1.54, 1.807) is 31.4 Å². The summed E-state index contributed by atoms with van der Waals surface area (Å²) in [4.78, 5) is 23.5. The first-order valence-corrected chi connectivity index (χ1v) is 6.44. The van der Waals surface area contributed by atoms with Crippen LogP contribution in [0, 0.1) is 0 Å². The molecule has 1 aliphatic rings. The molecule has 0 bridgehead atoms. The Bertz CT molecular complexity index is 445. The Labute approximate surface area is 112 Å². The minimum Gasteiger partial charge on any atom is -0.497 e. The van der Waals surface area contributed by atoms with Crippen LogP contribution < -0.4 is 4.74 Å². The molecule has 0 saturated carbocycles. The van der Waals surface area contributed by atoms with E-state index in [0.29, 0.717) is 24.4 Å². The predicted octanol–water partition coefficient (Wildman–Crippen LogP) is 1.69. The number of amides is 2. The lowest BCUT2D eigenvalue weighted by molar-refractivity contribution is -0.129. The fourth-order valence-electron chi connectivity index (χ4n) is 2.17. The van der Waals surface area contributed by atoms with Gasteiger partial charge in [0.2, 0.25) is 6.41 Å². The van der Waals surface area contributed by atoms with Crippen LogP contribution in [0.3, 0.4) is 0 Å². The highest BCUT2D eigenvalue weighted by molar-refractivity contribution is 5.94. The summed E-state index contributed by atoms with van der Waals surface area (Å²) in [6.07, 6.45) is 3.63. The SMILES string of the molecule is COc1ccc(C(=O)N2CCCCCN2C=O)cc1. The zero-order chi connectivity index (χ0) is 13.7. The van der Waals surface area contributed by atoms with Crippen molar-refractivity contribution in [1.82, 2.24) is 10.0 Å². The normalized spacial score (nSPS) is 15.8. The van der Waals surface area contributed by atoms with Gasteiger partial charge >= 0.3 is 0 Å². The van der Waals surface area contributed by atoms with Gasteiger partial charge < -0.3 is 4.74 Å². The van der Waals surface area contributed by atoms with Gasteiger partial charge in [0.1, 0.15) is 5.75 Å². The number of carbonyl (C=O) groups is 2. The van der Waals surface area contributed by atoms with Gasteiger partial charge in [-0.15, -0.1) is 0 Å². The average molecular weight is 262 g/mol. The summed E-state index contributed by atoms with van der Waals surface area (Å²) in [6.45, 7) is 1.19. The number of nitrogens with zero attached hydrogens (tertiary/aromatic N) is 2. The van der Waals surface area contributed by atoms with Crippen LogP contribution in [0.15, 0.2) is 24.3 Å². The molecule has 1 heterocycles. The van der Waals surface area contributed by atoms with Crippen molar-refractivity contribution in [3.8, 4) is 5.75 Å². The second-order valence-electron chi connectivity index (χ2n) is 4.49.